The fraction of sp³-hybridized carbons (Fsp3) is 0.600. The van der Waals surface area contributed by atoms with E-state index in [1.54, 1.807) is 6.92 Å². The monoisotopic (exact) mass is 243 g/mol. The van der Waals surface area contributed by atoms with E-state index in [2.05, 4.69) is 9.97 Å². The molecule has 0 radical (unpaired) electrons. The summed E-state index contributed by atoms with van der Waals surface area (Å²) >= 11 is 0. The second-order valence-corrected chi connectivity index (χ2v) is 3.57. The third kappa shape index (κ3) is 3.52. The van der Waals surface area contributed by atoms with Crippen molar-refractivity contribution in [2.45, 2.75) is 25.5 Å². The number of rotatable bonds is 6. The van der Waals surface area contributed by atoms with E-state index in [1.165, 1.54) is 6.33 Å². The van der Waals surface area contributed by atoms with Crippen LogP contribution in [0.4, 0.5) is 0 Å². The zero-order valence-corrected chi connectivity index (χ0v) is 9.59. The average molecular weight is 243 g/mol. The van der Waals surface area contributed by atoms with E-state index >= 15 is 0 Å². The molecule has 1 rings (SSSR count). The Balaban J connectivity index is 2.72. The predicted molar refractivity (Wildman–Crippen MR) is 59.3 cm³/mol. The summed E-state index contributed by atoms with van der Waals surface area (Å²) in [6.45, 7) is 1.62. The van der Waals surface area contributed by atoms with Gasteiger partial charge in [0, 0.05) is 6.42 Å². The van der Waals surface area contributed by atoms with Gasteiger partial charge in [-0.25, -0.2) is 9.78 Å². The number of aliphatic hydroxyl groups excluding tert-OH is 2. The van der Waals surface area contributed by atoms with E-state index < -0.39 is 18.1 Å². The van der Waals surface area contributed by atoms with Gasteiger partial charge in [0.15, 0.2) is 5.69 Å². The Morgan fingerprint density at radius 3 is 3.00 bits per heavy atom. The van der Waals surface area contributed by atoms with Gasteiger partial charge in [-0.3, -0.25) is 0 Å². The summed E-state index contributed by atoms with van der Waals surface area (Å²) in [6, 6.07) is -0.756. The Morgan fingerprint density at radius 2 is 2.41 bits per heavy atom. The molecule has 0 amide bonds. The largest absolute Gasteiger partial charge is 0.461 e. The van der Waals surface area contributed by atoms with Crippen molar-refractivity contribution < 1.29 is 19.7 Å². The molecule has 7 nitrogen and oxygen atoms in total. The standard InChI is InChI=1S/C10H17N3O4/c1-2-17-10(16)9-7(12-5-13-9)3-8(15)6(11)4-14/h5-6,8,14-15H,2-4,11H2,1H3,(H,12,13)/t6?,8-/m0/s1. The summed E-state index contributed by atoms with van der Waals surface area (Å²) in [7, 11) is 0. The Kier molecular flexibility index (Phi) is 5.08. The number of aromatic amines is 1. The van der Waals surface area contributed by atoms with Crippen molar-refractivity contribution in [3.05, 3.63) is 17.7 Å². The predicted octanol–water partition coefficient (Wildman–Crippen LogP) is -1.19. The van der Waals surface area contributed by atoms with E-state index in [0.29, 0.717) is 5.69 Å². The van der Waals surface area contributed by atoms with Crippen molar-refractivity contribution in [3.63, 3.8) is 0 Å². The number of aromatic nitrogens is 2. The van der Waals surface area contributed by atoms with Crippen LogP contribution in [0.5, 0.6) is 0 Å². The van der Waals surface area contributed by atoms with Gasteiger partial charge in [0.1, 0.15) is 0 Å². The van der Waals surface area contributed by atoms with Gasteiger partial charge in [0.2, 0.25) is 0 Å². The molecule has 0 aromatic carbocycles. The van der Waals surface area contributed by atoms with Crippen molar-refractivity contribution in [1.29, 1.82) is 0 Å². The van der Waals surface area contributed by atoms with E-state index in [9.17, 15) is 9.90 Å². The van der Waals surface area contributed by atoms with Crippen molar-refractivity contribution in [2.75, 3.05) is 13.2 Å². The average Bonchev–Trinajstić information content (AvgIpc) is 2.76. The van der Waals surface area contributed by atoms with E-state index in [4.69, 9.17) is 15.6 Å². The normalized spacial score (nSPS) is 14.4. The van der Waals surface area contributed by atoms with Crippen molar-refractivity contribution >= 4 is 5.97 Å². The molecule has 1 heterocycles. The van der Waals surface area contributed by atoms with Gasteiger partial charge in [-0.05, 0) is 6.92 Å². The topological polar surface area (TPSA) is 121 Å². The number of aliphatic hydroxyl groups is 2. The van der Waals surface area contributed by atoms with Gasteiger partial charge in [-0.15, -0.1) is 0 Å². The van der Waals surface area contributed by atoms with Crippen molar-refractivity contribution in [3.8, 4) is 0 Å². The minimum absolute atomic E-state index is 0.107. The molecule has 96 valence electrons. The zero-order valence-electron chi connectivity index (χ0n) is 9.59. The van der Waals surface area contributed by atoms with E-state index in [-0.39, 0.29) is 25.3 Å². The number of H-pyrrole nitrogens is 1. The molecule has 17 heavy (non-hydrogen) atoms. The molecule has 0 aliphatic carbocycles. The van der Waals surface area contributed by atoms with Crippen LogP contribution in [-0.2, 0) is 11.2 Å². The number of carbonyl (C=O) groups is 1. The van der Waals surface area contributed by atoms with Gasteiger partial charge in [-0.2, -0.15) is 0 Å². The fourth-order valence-electron chi connectivity index (χ4n) is 1.33. The molecule has 0 fully saturated rings. The number of imidazole rings is 1. The lowest BCUT2D eigenvalue weighted by Gasteiger charge is -2.15. The highest BCUT2D eigenvalue weighted by Crippen LogP contribution is 2.09. The number of hydrogen-bond donors (Lipinski definition) is 4. The molecule has 2 atom stereocenters. The summed E-state index contributed by atoms with van der Waals surface area (Å²) in [5.41, 5.74) is 6.05. The molecule has 1 unspecified atom stereocenters. The third-order valence-corrected chi connectivity index (χ3v) is 2.31. The molecule has 0 saturated heterocycles. The number of esters is 1. The maximum atomic E-state index is 11.5. The Hall–Kier alpha value is -1.44. The van der Waals surface area contributed by atoms with Crippen LogP contribution in [0.3, 0.4) is 0 Å². The number of carbonyl (C=O) groups excluding carboxylic acids is 1. The van der Waals surface area contributed by atoms with E-state index in [0.717, 1.165) is 0 Å². The maximum absolute atomic E-state index is 11.5. The highest BCUT2D eigenvalue weighted by molar-refractivity contribution is 5.88. The highest BCUT2D eigenvalue weighted by atomic mass is 16.5. The van der Waals surface area contributed by atoms with Crippen LogP contribution in [0, 0.1) is 0 Å². The molecule has 1 aromatic heterocycles. The molecule has 0 aliphatic heterocycles. The summed E-state index contributed by atoms with van der Waals surface area (Å²) in [5, 5.41) is 18.4. The zero-order chi connectivity index (χ0) is 12.8. The van der Waals surface area contributed by atoms with Crippen LogP contribution >= 0.6 is 0 Å². The lowest BCUT2D eigenvalue weighted by molar-refractivity contribution is 0.0517. The summed E-state index contributed by atoms with van der Waals surface area (Å²) < 4.78 is 4.81. The van der Waals surface area contributed by atoms with Gasteiger partial charge in [-0.1, -0.05) is 0 Å². The Bertz CT molecular complexity index is 366. The number of ether oxygens (including phenoxy) is 1. The quantitative estimate of drug-likeness (QED) is 0.466. The Morgan fingerprint density at radius 1 is 1.71 bits per heavy atom. The van der Waals surface area contributed by atoms with Crippen LogP contribution in [0.15, 0.2) is 6.33 Å². The fourth-order valence-corrected chi connectivity index (χ4v) is 1.33. The SMILES string of the molecule is CCOC(=O)c1nc[nH]c1C[C@H](O)C(N)CO. The summed E-state index contributed by atoms with van der Waals surface area (Å²) in [6.07, 6.45) is 0.503. The number of nitrogens with zero attached hydrogens (tertiary/aromatic N) is 1. The smallest absolute Gasteiger partial charge is 0.358 e. The van der Waals surface area contributed by atoms with Crippen molar-refractivity contribution in [1.82, 2.24) is 9.97 Å². The van der Waals surface area contributed by atoms with Crippen LogP contribution in [0.1, 0.15) is 23.1 Å². The minimum atomic E-state index is -0.950. The Labute approximate surface area is 98.6 Å². The van der Waals surface area contributed by atoms with Crippen LogP contribution < -0.4 is 5.73 Å². The summed E-state index contributed by atoms with van der Waals surface area (Å²) in [5.74, 6) is -0.548. The molecule has 5 N–H and O–H groups in total. The van der Waals surface area contributed by atoms with Crippen LogP contribution in [-0.4, -0.2) is 51.5 Å². The lowest BCUT2D eigenvalue weighted by atomic mass is 10.1. The first-order valence-corrected chi connectivity index (χ1v) is 5.34. The summed E-state index contributed by atoms with van der Waals surface area (Å²) in [4.78, 5) is 18.1. The van der Waals surface area contributed by atoms with Crippen LogP contribution in [0.2, 0.25) is 0 Å². The third-order valence-electron chi connectivity index (χ3n) is 2.31. The van der Waals surface area contributed by atoms with Gasteiger partial charge in [0.05, 0.1) is 37.4 Å². The second-order valence-electron chi connectivity index (χ2n) is 3.57. The first kappa shape index (κ1) is 13.6. The molecule has 0 bridgehead atoms. The molecular formula is C10H17N3O4. The van der Waals surface area contributed by atoms with Gasteiger partial charge >= 0.3 is 5.97 Å². The highest BCUT2D eigenvalue weighted by Gasteiger charge is 2.21. The molecule has 0 saturated carbocycles. The number of hydrogen-bond acceptors (Lipinski definition) is 6. The van der Waals surface area contributed by atoms with E-state index in [1.807, 2.05) is 0 Å². The molecule has 1 aromatic rings. The molecular weight excluding hydrogens is 226 g/mol. The maximum Gasteiger partial charge on any atom is 0.358 e. The minimum Gasteiger partial charge on any atom is -0.461 e. The number of nitrogens with one attached hydrogen (secondary N) is 1. The second kappa shape index (κ2) is 6.33. The molecule has 0 aliphatic rings. The first-order chi connectivity index (χ1) is 8.10. The first-order valence-electron chi connectivity index (χ1n) is 5.34. The van der Waals surface area contributed by atoms with Crippen molar-refractivity contribution in [2.24, 2.45) is 5.73 Å². The lowest BCUT2D eigenvalue weighted by Crippen LogP contribution is -2.39. The van der Waals surface area contributed by atoms with Gasteiger partial charge in [0.25, 0.3) is 0 Å². The van der Waals surface area contributed by atoms with Crippen LogP contribution in [0.25, 0.3) is 0 Å². The number of nitrogens with two attached hydrogens (primary N) is 1. The molecule has 7 heteroatoms. The van der Waals surface area contributed by atoms with Gasteiger partial charge < -0.3 is 25.7 Å². The molecule has 0 spiro atoms.